The quantitative estimate of drug-likeness (QED) is 0.911. The van der Waals surface area contributed by atoms with E-state index < -0.39 is 0 Å². The summed E-state index contributed by atoms with van der Waals surface area (Å²) in [7, 11) is 0. The molecule has 1 unspecified atom stereocenters. The number of anilines is 1. The number of hydrogen-bond acceptors (Lipinski definition) is 4. The lowest BCUT2D eigenvalue weighted by Gasteiger charge is -2.26. The zero-order chi connectivity index (χ0) is 16.2. The van der Waals surface area contributed by atoms with Crippen LogP contribution in [0, 0.1) is 0 Å². The Hall–Kier alpha value is -2.89. The first-order valence-corrected chi connectivity index (χ1v) is 7.40. The van der Waals surface area contributed by atoms with Crippen LogP contribution in [0.3, 0.4) is 0 Å². The van der Waals surface area contributed by atoms with Gasteiger partial charge in [0.25, 0.3) is 5.91 Å². The summed E-state index contributed by atoms with van der Waals surface area (Å²) in [6.07, 6.45) is 2.21. The van der Waals surface area contributed by atoms with Gasteiger partial charge in [-0.1, -0.05) is 18.2 Å². The Morgan fingerprint density at radius 2 is 2.09 bits per heavy atom. The molecule has 1 aliphatic rings. The Bertz CT molecular complexity index is 745. The minimum atomic E-state index is -0.228. The van der Waals surface area contributed by atoms with Gasteiger partial charge in [-0.2, -0.15) is 0 Å². The third-order valence-corrected chi connectivity index (χ3v) is 3.59. The molecule has 0 aliphatic carbocycles. The van der Waals surface area contributed by atoms with Gasteiger partial charge in [0, 0.05) is 30.7 Å². The summed E-state index contributed by atoms with van der Waals surface area (Å²) in [5, 5.41) is 5.58. The van der Waals surface area contributed by atoms with E-state index in [1.807, 2.05) is 24.3 Å². The molecule has 2 aromatic rings. The molecule has 1 aromatic heterocycles. The van der Waals surface area contributed by atoms with Crippen molar-refractivity contribution in [2.45, 2.75) is 19.4 Å². The number of carbonyl (C=O) groups is 2. The molecule has 6 heteroatoms. The maximum atomic E-state index is 12.5. The first kappa shape index (κ1) is 15.0. The zero-order valence-corrected chi connectivity index (χ0v) is 12.7. The minimum absolute atomic E-state index is 0.0927. The number of fused-ring (bicyclic) bond motifs is 1. The second kappa shape index (κ2) is 6.48. The number of nitrogens with one attached hydrogen (secondary N) is 2. The number of ether oxygens (including phenoxy) is 1. The van der Waals surface area contributed by atoms with E-state index in [0.717, 1.165) is 11.3 Å². The molecular weight excluding hydrogens is 294 g/mol. The molecule has 0 saturated carbocycles. The van der Waals surface area contributed by atoms with E-state index in [9.17, 15) is 9.59 Å². The highest BCUT2D eigenvalue weighted by Crippen LogP contribution is 2.31. The Balaban J connectivity index is 1.76. The highest BCUT2D eigenvalue weighted by Gasteiger charge is 2.23. The molecule has 1 atom stereocenters. The van der Waals surface area contributed by atoms with Crippen molar-refractivity contribution in [1.29, 1.82) is 0 Å². The Morgan fingerprint density at radius 3 is 2.91 bits per heavy atom. The van der Waals surface area contributed by atoms with Crippen LogP contribution in [0.25, 0.3) is 0 Å². The monoisotopic (exact) mass is 311 g/mol. The molecule has 118 valence electrons. The van der Waals surface area contributed by atoms with Crippen molar-refractivity contribution in [3.8, 4) is 5.75 Å². The lowest BCUT2D eigenvalue weighted by atomic mass is 10.0. The molecule has 0 bridgehead atoms. The van der Waals surface area contributed by atoms with Crippen molar-refractivity contribution >= 4 is 17.6 Å². The van der Waals surface area contributed by atoms with Gasteiger partial charge in [0.15, 0.2) is 0 Å². The fourth-order valence-corrected chi connectivity index (χ4v) is 2.55. The third kappa shape index (κ3) is 3.48. The van der Waals surface area contributed by atoms with Crippen LogP contribution in [0.1, 0.15) is 35.3 Å². The zero-order valence-electron chi connectivity index (χ0n) is 12.7. The van der Waals surface area contributed by atoms with E-state index in [0.29, 0.717) is 24.4 Å². The van der Waals surface area contributed by atoms with E-state index in [4.69, 9.17) is 4.74 Å². The van der Waals surface area contributed by atoms with Crippen LogP contribution in [0.5, 0.6) is 5.75 Å². The number of aromatic nitrogens is 1. The smallest absolute Gasteiger partial charge is 0.251 e. The number of hydrogen-bond donors (Lipinski definition) is 2. The molecule has 2 N–H and O–H groups in total. The predicted molar refractivity (Wildman–Crippen MR) is 85.3 cm³/mol. The minimum Gasteiger partial charge on any atom is -0.493 e. The van der Waals surface area contributed by atoms with Crippen LogP contribution in [-0.2, 0) is 4.79 Å². The SMILES string of the molecule is CC(=O)Nc1cc(C(=O)NC2CCOc3ccccc32)ccn1. The van der Waals surface area contributed by atoms with Crippen molar-refractivity contribution in [3.05, 3.63) is 53.7 Å². The molecule has 0 radical (unpaired) electrons. The largest absolute Gasteiger partial charge is 0.493 e. The Kier molecular flexibility index (Phi) is 4.23. The predicted octanol–water partition coefficient (Wildman–Crippen LogP) is 2.29. The average molecular weight is 311 g/mol. The van der Waals surface area contributed by atoms with Crippen molar-refractivity contribution in [3.63, 3.8) is 0 Å². The molecule has 2 amide bonds. The first-order chi connectivity index (χ1) is 11.1. The van der Waals surface area contributed by atoms with Crippen LogP contribution < -0.4 is 15.4 Å². The van der Waals surface area contributed by atoms with Crippen LogP contribution in [0.4, 0.5) is 5.82 Å². The van der Waals surface area contributed by atoms with Gasteiger partial charge in [-0.15, -0.1) is 0 Å². The second-order valence-corrected chi connectivity index (χ2v) is 5.31. The molecule has 23 heavy (non-hydrogen) atoms. The number of nitrogens with zero attached hydrogens (tertiary/aromatic N) is 1. The summed E-state index contributed by atoms with van der Waals surface area (Å²) in [5.74, 6) is 0.726. The molecule has 0 saturated heterocycles. The van der Waals surface area contributed by atoms with Crippen LogP contribution in [0.15, 0.2) is 42.6 Å². The van der Waals surface area contributed by atoms with Crippen molar-refractivity contribution in [2.75, 3.05) is 11.9 Å². The molecule has 6 nitrogen and oxygen atoms in total. The van der Waals surface area contributed by atoms with E-state index in [1.165, 1.54) is 13.1 Å². The fourth-order valence-electron chi connectivity index (χ4n) is 2.55. The third-order valence-electron chi connectivity index (χ3n) is 3.59. The number of benzene rings is 1. The molecule has 0 fully saturated rings. The second-order valence-electron chi connectivity index (χ2n) is 5.31. The highest BCUT2D eigenvalue weighted by atomic mass is 16.5. The molecule has 3 rings (SSSR count). The summed E-state index contributed by atoms with van der Waals surface area (Å²) in [5.41, 5.74) is 1.43. The van der Waals surface area contributed by atoms with Gasteiger partial charge >= 0.3 is 0 Å². The van der Waals surface area contributed by atoms with Gasteiger partial charge in [-0.05, 0) is 18.2 Å². The van der Waals surface area contributed by atoms with Gasteiger partial charge in [0.05, 0.1) is 12.6 Å². The number of para-hydroxylation sites is 1. The lowest BCUT2D eigenvalue weighted by Crippen LogP contribution is -2.32. The summed E-state index contributed by atoms with van der Waals surface area (Å²) in [4.78, 5) is 27.6. The fraction of sp³-hybridized carbons (Fsp3) is 0.235. The van der Waals surface area contributed by atoms with Gasteiger partial charge in [0.2, 0.25) is 5.91 Å². The maximum absolute atomic E-state index is 12.5. The standard InChI is InChI=1S/C17H17N3O3/c1-11(21)19-16-10-12(6-8-18-16)17(22)20-14-7-9-23-15-5-3-2-4-13(14)15/h2-6,8,10,14H,7,9H2,1H3,(H,20,22)(H,18,19,21). The van der Waals surface area contributed by atoms with E-state index in [-0.39, 0.29) is 17.9 Å². The van der Waals surface area contributed by atoms with Gasteiger partial charge in [-0.25, -0.2) is 4.98 Å². The number of carbonyl (C=O) groups excluding carboxylic acids is 2. The molecule has 1 aromatic carbocycles. The number of rotatable bonds is 3. The van der Waals surface area contributed by atoms with E-state index in [2.05, 4.69) is 15.6 Å². The van der Waals surface area contributed by atoms with Crippen LogP contribution in [-0.4, -0.2) is 23.4 Å². The molecule has 0 spiro atoms. The average Bonchev–Trinajstić information content (AvgIpc) is 2.55. The van der Waals surface area contributed by atoms with Crippen LogP contribution >= 0.6 is 0 Å². The summed E-state index contributed by atoms with van der Waals surface area (Å²) < 4.78 is 5.60. The summed E-state index contributed by atoms with van der Waals surface area (Å²) in [6.45, 7) is 1.96. The van der Waals surface area contributed by atoms with E-state index >= 15 is 0 Å². The first-order valence-electron chi connectivity index (χ1n) is 7.40. The Labute approximate surface area is 133 Å². The summed E-state index contributed by atoms with van der Waals surface area (Å²) in [6, 6.07) is 10.8. The van der Waals surface area contributed by atoms with Gasteiger partial charge in [0.1, 0.15) is 11.6 Å². The van der Waals surface area contributed by atoms with Gasteiger partial charge in [-0.3, -0.25) is 9.59 Å². The molecule has 2 heterocycles. The molecule has 1 aliphatic heterocycles. The number of amides is 2. The number of pyridine rings is 1. The highest BCUT2D eigenvalue weighted by molar-refractivity contribution is 5.96. The molecular formula is C17H17N3O3. The van der Waals surface area contributed by atoms with Crippen LogP contribution in [0.2, 0.25) is 0 Å². The summed E-state index contributed by atoms with van der Waals surface area (Å²) >= 11 is 0. The van der Waals surface area contributed by atoms with Gasteiger partial charge < -0.3 is 15.4 Å². The topological polar surface area (TPSA) is 80.3 Å². The van der Waals surface area contributed by atoms with E-state index in [1.54, 1.807) is 12.1 Å². The lowest BCUT2D eigenvalue weighted by molar-refractivity contribution is -0.114. The van der Waals surface area contributed by atoms with Crippen molar-refractivity contribution in [2.24, 2.45) is 0 Å². The van der Waals surface area contributed by atoms with Crippen molar-refractivity contribution in [1.82, 2.24) is 10.3 Å². The normalized spacial score (nSPS) is 16.0. The maximum Gasteiger partial charge on any atom is 0.251 e. The van der Waals surface area contributed by atoms with Crippen molar-refractivity contribution < 1.29 is 14.3 Å². The Morgan fingerprint density at radius 1 is 1.26 bits per heavy atom.